The highest BCUT2D eigenvalue weighted by atomic mass is 35.5. The Balaban J connectivity index is 1.57. The molecule has 0 aliphatic carbocycles. The lowest BCUT2D eigenvalue weighted by Gasteiger charge is -2.29. The highest BCUT2D eigenvalue weighted by Crippen LogP contribution is 2.26. The molecule has 3 rings (SSSR count). The first-order valence-corrected chi connectivity index (χ1v) is 8.20. The van der Waals surface area contributed by atoms with Crippen LogP contribution >= 0.6 is 11.6 Å². The molecular weight excluding hydrogens is 326 g/mol. The minimum atomic E-state index is -0.434. The van der Waals surface area contributed by atoms with Gasteiger partial charge in [0.1, 0.15) is 0 Å². The Hall–Kier alpha value is -2.53. The lowest BCUT2D eigenvalue weighted by Crippen LogP contribution is -2.43. The molecule has 2 aromatic carbocycles. The Morgan fingerprint density at radius 3 is 2.79 bits per heavy atom. The summed E-state index contributed by atoms with van der Waals surface area (Å²) in [6.45, 7) is 0.619. The number of carbonyl (C=O) groups is 2. The SMILES string of the molecule is O=C(NCC(=O)N1CCCc2ccccc21)Nc1cccc(Cl)c1. The van der Waals surface area contributed by atoms with Gasteiger partial charge < -0.3 is 15.5 Å². The quantitative estimate of drug-likeness (QED) is 0.896. The summed E-state index contributed by atoms with van der Waals surface area (Å²) in [5.41, 5.74) is 2.68. The van der Waals surface area contributed by atoms with E-state index >= 15 is 0 Å². The van der Waals surface area contributed by atoms with Crippen LogP contribution < -0.4 is 15.5 Å². The average molecular weight is 344 g/mol. The molecule has 2 aromatic rings. The standard InChI is InChI=1S/C18H18ClN3O2/c19-14-7-3-8-15(11-14)21-18(24)20-12-17(23)22-10-4-6-13-5-1-2-9-16(13)22/h1-3,5,7-9,11H,4,6,10,12H2,(H2,20,21,24). The smallest absolute Gasteiger partial charge is 0.319 e. The van der Waals surface area contributed by atoms with Crippen LogP contribution in [0.2, 0.25) is 5.02 Å². The number of rotatable bonds is 3. The first-order valence-electron chi connectivity index (χ1n) is 7.82. The second-order valence-electron chi connectivity index (χ2n) is 5.60. The van der Waals surface area contributed by atoms with Crippen molar-refractivity contribution in [3.63, 3.8) is 0 Å². The minimum absolute atomic E-state index is 0.0548. The van der Waals surface area contributed by atoms with Crippen LogP contribution in [-0.2, 0) is 11.2 Å². The van der Waals surface area contributed by atoms with Gasteiger partial charge in [0.2, 0.25) is 5.91 Å². The third-order valence-corrected chi connectivity index (χ3v) is 4.13. The predicted octanol–water partition coefficient (Wildman–Crippen LogP) is 3.44. The normalized spacial score (nSPS) is 13.1. The van der Waals surface area contributed by atoms with Gasteiger partial charge in [-0.2, -0.15) is 0 Å². The van der Waals surface area contributed by atoms with Crippen LogP contribution in [0.25, 0.3) is 0 Å². The molecule has 1 aliphatic heterocycles. The molecule has 3 amide bonds. The maximum atomic E-state index is 12.4. The molecular formula is C18H18ClN3O2. The molecule has 0 fully saturated rings. The van der Waals surface area contributed by atoms with E-state index in [0.717, 1.165) is 18.5 Å². The van der Waals surface area contributed by atoms with Gasteiger partial charge in [0.15, 0.2) is 0 Å². The summed E-state index contributed by atoms with van der Waals surface area (Å²) in [6.07, 6.45) is 1.90. The first kappa shape index (κ1) is 16.3. The summed E-state index contributed by atoms with van der Waals surface area (Å²) in [6, 6.07) is 14.3. The van der Waals surface area contributed by atoms with Gasteiger partial charge in [0.25, 0.3) is 0 Å². The molecule has 0 spiro atoms. The Labute approximate surface area is 145 Å². The fourth-order valence-electron chi connectivity index (χ4n) is 2.79. The van der Waals surface area contributed by atoms with Crippen LogP contribution in [0.3, 0.4) is 0 Å². The van der Waals surface area contributed by atoms with Crippen molar-refractivity contribution >= 4 is 34.9 Å². The predicted molar refractivity (Wildman–Crippen MR) is 95.6 cm³/mol. The molecule has 1 aliphatic rings. The lowest BCUT2D eigenvalue weighted by molar-refractivity contribution is -0.117. The zero-order valence-corrected chi connectivity index (χ0v) is 13.8. The number of halogens is 1. The Morgan fingerprint density at radius 1 is 1.12 bits per heavy atom. The summed E-state index contributed by atoms with van der Waals surface area (Å²) in [5, 5.41) is 5.79. The molecule has 0 saturated carbocycles. The van der Waals surface area contributed by atoms with Gasteiger partial charge >= 0.3 is 6.03 Å². The Kier molecular flexibility index (Phi) is 5.01. The Bertz CT molecular complexity index is 763. The number of hydrogen-bond acceptors (Lipinski definition) is 2. The lowest BCUT2D eigenvalue weighted by atomic mass is 10.0. The van der Waals surface area contributed by atoms with E-state index in [0.29, 0.717) is 17.3 Å². The second kappa shape index (κ2) is 7.36. The summed E-state index contributed by atoms with van der Waals surface area (Å²) in [5.74, 6) is -0.122. The van der Waals surface area contributed by atoms with Gasteiger partial charge in [-0.25, -0.2) is 4.79 Å². The number of aryl methyl sites for hydroxylation is 1. The summed E-state index contributed by atoms with van der Waals surface area (Å²) >= 11 is 5.87. The van der Waals surface area contributed by atoms with Crippen LogP contribution in [-0.4, -0.2) is 25.0 Å². The van der Waals surface area contributed by atoms with Gasteiger partial charge in [-0.1, -0.05) is 35.9 Å². The molecule has 0 unspecified atom stereocenters. The fraction of sp³-hybridized carbons (Fsp3) is 0.222. The van der Waals surface area contributed by atoms with Crippen LogP contribution in [0.5, 0.6) is 0 Å². The number of benzene rings is 2. The van der Waals surface area contributed by atoms with E-state index in [4.69, 9.17) is 11.6 Å². The van der Waals surface area contributed by atoms with Crippen LogP contribution in [0, 0.1) is 0 Å². The highest BCUT2D eigenvalue weighted by molar-refractivity contribution is 6.30. The van der Waals surface area contributed by atoms with Gasteiger partial charge in [-0.3, -0.25) is 4.79 Å². The molecule has 0 bridgehead atoms. The third-order valence-electron chi connectivity index (χ3n) is 3.89. The number of para-hydroxylation sites is 1. The maximum absolute atomic E-state index is 12.4. The van der Waals surface area contributed by atoms with Crippen molar-refractivity contribution in [2.24, 2.45) is 0 Å². The molecule has 2 N–H and O–H groups in total. The molecule has 5 nitrogen and oxygen atoms in total. The largest absolute Gasteiger partial charge is 0.329 e. The van der Waals surface area contributed by atoms with E-state index in [2.05, 4.69) is 10.6 Å². The third kappa shape index (κ3) is 3.86. The first-order chi connectivity index (χ1) is 11.6. The van der Waals surface area contributed by atoms with Crippen molar-refractivity contribution in [3.05, 3.63) is 59.1 Å². The van der Waals surface area contributed by atoms with Crippen molar-refractivity contribution < 1.29 is 9.59 Å². The molecule has 6 heteroatoms. The minimum Gasteiger partial charge on any atom is -0.329 e. The average Bonchev–Trinajstić information content (AvgIpc) is 2.59. The van der Waals surface area contributed by atoms with Crippen molar-refractivity contribution in [2.45, 2.75) is 12.8 Å². The number of amides is 3. The van der Waals surface area contributed by atoms with E-state index in [-0.39, 0.29) is 12.5 Å². The molecule has 0 atom stereocenters. The van der Waals surface area contributed by atoms with E-state index in [1.165, 1.54) is 5.56 Å². The van der Waals surface area contributed by atoms with E-state index in [1.54, 1.807) is 29.2 Å². The van der Waals surface area contributed by atoms with Gasteiger partial charge in [-0.05, 0) is 42.7 Å². The molecule has 0 radical (unpaired) electrons. The van der Waals surface area contributed by atoms with Crippen molar-refractivity contribution in [1.82, 2.24) is 5.32 Å². The van der Waals surface area contributed by atoms with Gasteiger partial charge in [0.05, 0.1) is 6.54 Å². The number of urea groups is 1. The number of hydrogen-bond donors (Lipinski definition) is 2. The van der Waals surface area contributed by atoms with Gasteiger partial charge in [-0.15, -0.1) is 0 Å². The van der Waals surface area contributed by atoms with Crippen LogP contribution in [0.1, 0.15) is 12.0 Å². The molecule has 1 heterocycles. The zero-order valence-electron chi connectivity index (χ0n) is 13.1. The van der Waals surface area contributed by atoms with Crippen molar-refractivity contribution in [2.75, 3.05) is 23.3 Å². The number of nitrogens with zero attached hydrogens (tertiary/aromatic N) is 1. The Morgan fingerprint density at radius 2 is 1.96 bits per heavy atom. The van der Waals surface area contributed by atoms with E-state index < -0.39 is 6.03 Å². The van der Waals surface area contributed by atoms with Crippen LogP contribution in [0.15, 0.2) is 48.5 Å². The van der Waals surface area contributed by atoms with Crippen LogP contribution in [0.4, 0.5) is 16.2 Å². The highest BCUT2D eigenvalue weighted by Gasteiger charge is 2.22. The second-order valence-corrected chi connectivity index (χ2v) is 6.03. The molecule has 24 heavy (non-hydrogen) atoms. The number of fused-ring (bicyclic) bond motifs is 1. The number of anilines is 2. The molecule has 124 valence electrons. The number of carbonyl (C=O) groups excluding carboxylic acids is 2. The van der Waals surface area contributed by atoms with E-state index in [1.807, 2.05) is 24.3 Å². The topological polar surface area (TPSA) is 61.4 Å². The molecule has 0 saturated heterocycles. The summed E-state index contributed by atoms with van der Waals surface area (Å²) in [4.78, 5) is 26.1. The van der Waals surface area contributed by atoms with Crippen molar-refractivity contribution in [3.8, 4) is 0 Å². The number of nitrogens with one attached hydrogen (secondary N) is 2. The summed E-state index contributed by atoms with van der Waals surface area (Å²) < 4.78 is 0. The van der Waals surface area contributed by atoms with E-state index in [9.17, 15) is 9.59 Å². The molecule has 0 aromatic heterocycles. The van der Waals surface area contributed by atoms with Gasteiger partial charge in [0, 0.05) is 22.9 Å². The monoisotopic (exact) mass is 343 g/mol. The fourth-order valence-corrected chi connectivity index (χ4v) is 2.98. The van der Waals surface area contributed by atoms with Crippen molar-refractivity contribution in [1.29, 1.82) is 0 Å². The maximum Gasteiger partial charge on any atom is 0.319 e. The summed E-state index contributed by atoms with van der Waals surface area (Å²) in [7, 11) is 0. The zero-order chi connectivity index (χ0) is 16.9.